The van der Waals surface area contributed by atoms with Crippen LogP contribution in [0.25, 0.3) is 10.9 Å². The zero-order valence-corrected chi connectivity index (χ0v) is 25.0. The first-order valence-corrected chi connectivity index (χ1v) is 15.0. The second kappa shape index (κ2) is 16.2. The summed E-state index contributed by atoms with van der Waals surface area (Å²) in [6.07, 6.45) is 6.93. The zero-order valence-electron chi connectivity index (χ0n) is 25.0. The van der Waals surface area contributed by atoms with Crippen molar-refractivity contribution in [2.45, 2.75) is 62.7 Å². The summed E-state index contributed by atoms with van der Waals surface area (Å²) in [6.45, 7) is 0.487. The Morgan fingerprint density at radius 2 is 1.44 bits per heavy atom. The highest BCUT2D eigenvalue weighted by Gasteiger charge is 2.31. The van der Waals surface area contributed by atoms with Crippen LogP contribution in [0.2, 0.25) is 0 Å². The van der Waals surface area contributed by atoms with Gasteiger partial charge in [0.25, 0.3) is 0 Å². The number of carbonyl (C=O) groups is 4. The fourth-order valence-corrected chi connectivity index (χ4v) is 5.09. The van der Waals surface area contributed by atoms with Crippen molar-refractivity contribution in [3.63, 3.8) is 0 Å². The Morgan fingerprint density at radius 3 is 2.13 bits per heavy atom. The number of H-pyrrole nitrogens is 2. The van der Waals surface area contributed by atoms with Gasteiger partial charge in [0.05, 0.1) is 12.4 Å². The van der Waals surface area contributed by atoms with Crippen molar-refractivity contribution in [1.29, 1.82) is 0 Å². The molecule has 0 saturated carbocycles. The minimum absolute atomic E-state index is 0.0758. The number of nitrogens with zero attached hydrogens (tertiary/aromatic N) is 1. The van der Waals surface area contributed by atoms with E-state index in [0.717, 1.165) is 28.5 Å². The molecule has 0 fully saturated rings. The van der Waals surface area contributed by atoms with Crippen LogP contribution >= 0.6 is 0 Å². The van der Waals surface area contributed by atoms with E-state index in [4.69, 9.17) is 17.2 Å². The molecule has 0 aliphatic carbocycles. The van der Waals surface area contributed by atoms with Gasteiger partial charge in [0.1, 0.15) is 18.1 Å². The van der Waals surface area contributed by atoms with Gasteiger partial charge in [-0.1, -0.05) is 55.0 Å². The summed E-state index contributed by atoms with van der Waals surface area (Å²) in [4.78, 5) is 63.1. The Hall–Kier alpha value is -5.01. The van der Waals surface area contributed by atoms with E-state index >= 15 is 0 Å². The van der Waals surface area contributed by atoms with Crippen molar-refractivity contribution < 1.29 is 19.2 Å². The number of aromatic amines is 2. The number of nitrogens with two attached hydrogens (primary N) is 3. The molecule has 238 valence electrons. The van der Waals surface area contributed by atoms with E-state index in [1.165, 1.54) is 6.33 Å². The Kier molecular flexibility index (Phi) is 11.8. The number of amides is 4. The summed E-state index contributed by atoms with van der Waals surface area (Å²) in [5.41, 5.74) is 20.4. The van der Waals surface area contributed by atoms with Crippen molar-refractivity contribution in [3.05, 3.63) is 90.1 Å². The van der Waals surface area contributed by atoms with Crippen LogP contribution in [-0.4, -0.2) is 69.3 Å². The molecule has 13 nitrogen and oxygen atoms in total. The van der Waals surface area contributed by atoms with Gasteiger partial charge in [-0.05, 0) is 36.6 Å². The number of aromatic nitrogens is 3. The second-order valence-corrected chi connectivity index (χ2v) is 11.0. The first kappa shape index (κ1) is 32.9. The molecule has 4 aromatic rings. The lowest BCUT2D eigenvalue weighted by Crippen LogP contribution is -2.58. The van der Waals surface area contributed by atoms with Crippen LogP contribution in [-0.2, 0) is 38.4 Å². The van der Waals surface area contributed by atoms with Crippen LogP contribution in [0.15, 0.2) is 73.3 Å². The summed E-state index contributed by atoms with van der Waals surface area (Å²) in [7, 11) is 0. The molecule has 13 heteroatoms. The van der Waals surface area contributed by atoms with Gasteiger partial charge in [0.2, 0.25) is 23.6 Å². The Labute approximate surface area is 261 Å². The molecular formula is C32H41N9O4. The van der Waals surface area contributed by atoms with Gasteiger partial charge in [-0.25, -0.2) is 4.98 Å². The minimum Gasteiger partial charge on any atom is -0.368 e. The Balaban J connectivity index is 1.57. The van der Waals surface area contributed by atoms with Gasteiger partial charge in [0.15, 0.2) is 0 Å². The highest BCUT2D eigenvalue weighted by atomic mass is 16.2. The number of primary amides is 1. The summed E-state index contributed by atoms with van der Waals surface area (Å²) < 4.78 is 0. The van der Waals surface area contributed by atoms with Crippen LogP contribution < -0.4 is 33.2 Å². The largest absolute Gasteiger partial charge is 0.368 e. The zero-order chi connectivity index (χ0) is 32.2. The van der Waals surface area contributed by atoms with Gasteiger partial charge < -0.3 is 43.1 Å². The molecule has 11 N–H and O–H groups in total. The molecule has 2 aromatic heterocycles. The van der Waals surface area contributed by atoms with E-state index in [0.29, 0.717) is 25.1 Å². The van der Waals surface area contributed by atoms with Gasteiger partial charge in [-0.3, -0.25) is 19.2 Å². The normalized spacial score (nSPS) is 13.8. The molecule has 0 spiro atoms. The minimum atomic E-state index is -1.12. The SMILES string of the molecule is NCCCC[C@H](N)C(=O)N[C@H](Cc1cnc[nH]1)C(=O)N[C@H](Cc1c[nH]c2ccccc12)C(=O)N[C@@H](Cc1ccccc1)C(N)=O. The van der Waals surface area contributed by atoms with Gasteiger partial charge >= 0.3 is 0 Å². The van der Waals surface area contributed by atoms with Crippen molar-refractivity contribution >= 4 is 34.5 Å². The third-order valence-corrected chi connectivity index (χ3v) is 7.59. The maximum Gasteiger partial charge on any atom is 0.243 e. The van der Waals surface area contributed by atoms with Crippen molar-refractivity contribution in [1.82, 2.24) is 30.9 Å². The smallest absolute Gasteiger partial charge is 0.243 e. The van der Waals surface area contributed by atoms with Gasteiger partial charge in [-0.2, -0.15) is 0 Å². The fourth-order valence-electron chi connectivity index (χ4n) is 5.09. The van der Waals surface area contributed by atoms with E-state index in [-0.39, 0.29) is 19.3 Å². The predicted octanol–water partition coefficient (Wildman–Crippen LogP) is 0.315. The van der Waals surface area contributed by atoms with E-state index in [2.05, 4.69) is 30.9 Å². The number of rotatable bonds is 17. The lowest BCUT2D eigenvalue weighted by molar-refractivity contribution is -0.133. The van der Waals surface area contributed by atoms with Crippen molar-refractivity contribution in [2.24, 2.45) is 17.2 Å². The molecule has 0 aliphatic heterocycles. The Morgan fingerprint density at radius 1 is 0.778 bits per heavy atom. The Bertz CT molecular complexity index is 1560. The molecule has 0 unspecified atom stereocenters. The van der Waals surface area contributed by atoms with E-state index in [9.17, 15) is 19.2 Å². The molecular weight excluding hydrogens is 574 g/mol. The molecule has 0 saturated heterocycles. The third kappa shape index (κ3) is 9.49. The number of imidazole rings is 1. The van der Waals surface area contributed by atoms with Crippen LogP contribution in [0.5, 0.6) is 0 Å². The number of benzene rings is 2. The fraction of sp³-hybridized carbons (Fsp3) is 0.344. The third-order valence-electron chi connectivity index (χ3n) is 7.59. The standard InChI is InChI=1S/C32H41N9O4/c33-13-7-6-11-24(34)30(43)40-28(16-22-18-36-19-38-22)32(45)41-27(15-21-17-37-25-12-5-4-10-23(21)25)31(44)39-26(29(35)42)14-20-8-2-1-3-9-20/h1-5,8-10,12,17-19,24,26-28,37H,6-7,11,13-16,33-34H2,(H2,35,42)(H,36,38)(H,39,44)(H,40,43)(H,41,45)/t24-,26-,27+,28+/m0/s1. The van der Waals surface area contributed by atoms with Crippen LogP contribution in [0.3, 0.4) is 0 Å². The first-order chi connectivity index (χ1) is 21.7. The number of hydrogen-bond donors (Lipinski definition) is 8. The number of para-hydroxylation sites is 1. The number of nitrogens with one attached hydrogen (secondary N) is 5. The highest BCUT2D eigenvalue weighted by Crippen LogP contribution is 2.19. The van der Waals surface area contributed by atoms with Crippen molar-refractivity contribution in [2.75, 3.05) is 6.54 Å². The van der Waals surface area contributed by atoms with Crippen molar-refractivity contribution in [3.8, 4) is 0 Å². The quantitative estimate of drug-likeness (QED) is 0.0775. The van der Waals surface area contributed by atoms with E-state index in [1.807, 2.05) is 54.6 Å². The summed E-state index contributed by atoms with van der Waals surface area (Å²) >= 11 is 0. The van der Waals surface area contributed by atoms with Crippen LogP contribution in [0.4, 0.5) is 0 Å². The number of carbonyl (C=O) groups excluding carboxylic acids is 4. The van der Waals surface area contributed by atoms with E-state index in [1.54, 1.807) is 12.4 Å². The number of hydrogen-bond acceptors (Lipinski definition) is 7. The molecule has 2 aromatic carbocycles. The summed E-state index contributed by atoms with van der Waals surface area (Å²) in [5, 5.41) is 9.16. The average Bonchev–Trinajstić information content (AvgIpc) is 3.70. The summed E-state index contributed by atoms with van der Waals surface area (Å²) in [6, 6.07) is 12.7. The molecule has 0 aliphatic rings. The maximum atomic E-state index is 13.8. The second-order valence-electron chi connectivity index (χ2n) is 11.0. The number of unbranched alkanes of at least 4 members (excludes halogenated alkanes) is 1. The lowest BCUT2D eigenvalue weighted by Gasteiger charge is -2.25. The topological polar surface area (TPSA) is 227 Å². The molecule has 4 amide bonds. The summed E-state index contributed by atoms with van der Waals surface area (Å²) in [5.74, 6) is -2.41. The van der Waals surface area contributed by atoms with Gasteiger partial charge in [0, 0.05) is 48.3 Å². The lowest BCUT2D eigenvalue weighted by atomic mass is 10.0. The first-order valence-electron chi connectivity index (χ1n) is 15.0. The molecule has 45 heavy (non-hydrogen) atoms. The predicted molar refractivity (Wildman–Crippen MR) is 170 cm³/mol. The number of fused-ring (bicyclic) bond motifs is 1. The molecule has 4 rings (SSSR count). The molecule has 0 radical (unpaired) electrons. The molecule has 0 bridgehead atoms. The maximum absolute atomic E-state index is 13.8. The van der Waals surface area contributed by atoms with E-state index < -0.39 is 47.8 Å². The van der Waals surface area contributed by atoms with Crippen LogP contribution in [0, 0.1) is 0 Å². The van der Waals surface area contributed by atoms with Crippen LogP contribution in [0.1, 0.15) is 36.1 Å². The molecule has 2 heterocycles. The average molecular weight is 616 g/mol. The highest BCUT2D eigenvalue weighted by molar-refractivity contribution is 5.95. The van der Waals surface area contributed by atoms with Gasteiger partial charge in [-0.15, -0.1) is 0 Å². The molecule has 4 atom stereocenters. The monoisotopic (exact) mass is 615 g/mol.